The molecule has 144 valence electrons. The number of nitrogens with zero attached hydrogens (tertiary/aromatic N) is 1. The Morgan fingerprint density at radius 1 is 1.33 bits per heavy atom. The quantitative estimate of drug-likeness (QED) is 0.743. The lowest BCUT2D eigenvalue weighted by atomic mass is 9.77. The van der Waals surface area contributed by atoms with E-state index in [-0.39, 0.29) is 16.9 Å². The highest BCUT2D eigenvalue weighted by atomic mass is 32.1. The van der Waals surface area contributed by atoms with Crippen molar-refractivity contribution in [2.24, 2.45) is 11.3 Å². The molecule has 4 nitrogen and oxygen atoms in total. The summed E-state index contributed by atoms with van der Waals surface area (Å²) < 4.78 is 6.53. The van der Waals surface area contributed by atoms with Gasteiger partial charge < -0.3 is 9.64 Å². The average molecular weight is 386 g/mol. The molecule has 0 spiro atoms. The predicted molar refractivity (Wildman–Crippen MR) is 110 cm³/mol. The van der Waals surface area contributed by atoms with Crippen molar-refractivity contribution in [2.45, 2.75) is 52.9 Å². The molecule has 0 aliphatic heterocycles. The van der Waals surface area contributed by atoms with E-state index in [4.69, 9.17) is 4.74 Å². The third kappa shape index (κ3) is 3.88. The smallest absolute Gasteiger partial charge is 0.410 e. The van der Waals surface area contributed by atoms with Gasteiger partial charge in [0.2, 0.25) is 0 Å². The van der Waals surface area contributed by atoms with Gasteiger partial charge in [0.05, 0.1) is 0 Å². The molecule has 0 unspecified atom stereocenters. The third-order valence-corrected chi connectivity index (χ3v) is 6.95. The number of hydrogen-bond acceptors (Lipinski definition) is 4. The molecule has 27 heavy (non-hydrogen) atoms. The minimum Gasteiger partial charge on any atom is -0.410 e. The van der Waals surface area contributed by atoms with E-state index in [1.54, 1.807) is 22.3 Å². The lowest BCUT2D eigenvalue weighted by molar-refractivity contribution is 0.152. The summed E-state index contributed by atoms with van der Waals surface area (Å²) >= 11 is 1.68. The van der Waals surface area contributed by atoms with Crippen LogP contribution in [0.2, 0.25) is 0 Å². The maximum Gasteiger partial charge on any atom is 0.415 e. The van der Waals surface area contributed by atoms with Crippen molar-refractivity contribution in [3.05, 3.63) is 38.9 Å². The second-order valence-corrected chi connectivity index (χ2v) is 9.82. The minimum atomic E-state index is -0.296. The summed E-state index contributed by atoms with van der Waals surface area (Å²) in [6.45, 7) is 7.92. The molecule has 2 aliphatic rings. The van der Waals surface area contributed by atoms with Crippen LogP contribution >= 0.6 is 11.3 Å². The minimum absolute atomic E-state index is 0.149. The van der Waals surface area contributed by atoms with Crippen LogP contribution in [-0.2, 0) is 12.8 Å². The number of carbonyl (C=O) groups is 1. The van der Waals surface area contributed by atoms with Gasteiger partial charge >= 0.3 is 6.09 Å². The fourth-order valence-corrected chi connectivity index (χ4v) is 5.31. The molecule has 1 amide bonds. The van der Waals surface area contributed by atoms with Gasteiger partial charge in [-0.15, -0.1) is 11.3 Å². The summed E-state index contributed by atoms with van der Waals surface area (Å²) in [4.78, 5) is 28.3. The predicted octanol–water partition coefficient (Wildman–Crippen LogP) is 5.01. The standard InChI is InChI=1S/C22H27NO3S/c1-4-23(13-14-5-6-14)21(25)26-15-7-8-16-18(11-15)27-19-12-22(2,3)10-9-17(19)20(16)24/h7-8,11,14H,4-6,9-10,12-13H2,1-3H3. The number of fused-ring (bicyclic) bond motifs is 2. The summed E-state index contributed by atoms with van der Waals surface area (Å²) in [5.74, 6) is 1.15. The summed E-state index contributed by atoms with van der Waals surface area (Å²) in [5, 5.41) is 0.739. The van der Waals surface area contributed by atoms with Gasteiger partial charge in [-0.2, -0.15) is 0 Å². The summed E-state index contributed by atoms with van der Waals surface area (Å²) in [5.41, 5.74) is 1.37. The van der Waals surface area contributed by atoms with E-state index in [9.17, 15) is 9.59 Å². The molecular weight excluding hydrogens is 358 g/mol. The van der Waals surface area contributed by atoms with Crippen molar-refractivity contribution in [3.63, 3.8) is 0 Å². The lowest BCUT2D eigenvalue weighted by Gasteiger charge is -2.30. The highest BCUT2D eigenvalue weighted by molar-refractivity contribution is 7.18. The lowest BCUT2D eigenvalue weighted by Crippen LogP contribution is -2.35. The second kappa shape index (κ2) is 6.93. The Morgan fingerprint density at radius 3 is 2.81 bits per heavy atom. The zero-order chi connectivity index (χ0) is 19.2. The van der Waals surface area contributed by atoms with E-state index >= 15 is 0 Å². The number of benzene rings is 1. The van der Waals surface area contributed by atoms with Gasteiger partial charge in [-0.05, 0) is 68.6 Å². The molecule has 0 bridgehead atoms. The van der Waals surface area contributed by atoms with Gasteiger partial charge in [-0.3, -0.25) is 4.79 Å². The van der Waals surface area contributed by atoms with Crippen LogP contribution in [0.1, 0.15) is 50.5 Å². The van der Waals surface area contributed by atoms with Gasteiger partial charge in [0.25, 0.3) is 0 Å². The number of carbonyl (C=O) groups excluding carboxylic acids is 1. The van der Waals surface area contributed by atoms with Crippen molar-refractivity contribution in [1.82, 2.24) is 4.90 Å². The van der Waals surface area contributed by atoms with Crippen molar-refractivity contribution < 1.29 is 9.53 Å². The van der Waals surface area contributed by atoms with E-state index in [0.717, 1.165) is 41.5 Å². The van der Waals surface area contributed by atoms with Gasteiger partial charge in [0.15, 0.2) is 5.43 Å². The topological polar surface area (TPSA) is 46.6 Å². The summed E-state index contributed by atoms with van der Waals surface area (Å²) in [6, 6.07) is 5.42. The van der Waals surface area contributed by atoms with Gasteiger partial charge in [0, 0.05) is 33.6 Å². The maximum absolute atomic E-state index is 12.9. The van der Waals surface area contributed by atoms with Crippen LogP contribution in [0.25, 0.3) is 10.1 Å². The Kier molecular flexibility index (Phi) is 4.75. The second-order valence-electron chi connectivity index (χ2n) is 8.68. The average Bonchev–Trinajstić information content (AvgIpc) is 3.42. The monoisotopic (exact) mass is 385 g/mol. The zero-order valence-corrected chi connectivity index (χ0v) is 17.2. The Balaban J connectivity index is 1.62. The van der Waals surface area contributed by atoms with Crippen LogP contribution in [0, 0.1) is 11.3 Å². The first-order valence-corrected chi connectivity index (χ1v) is 10.7. The Hall–Kier alpha value is -1.88. The summed E-state index contributed by atoms with van der Waals surface area (Å²) in [7, 11) is 0. The number of hydrogen-bond donors (Lipinski definition) is 0. The van der Waals surface area contributed by atoms with Crippen LogP contribution in [0.5, 0.6) is 5.75 Å². The Morgan fingerprint density at radius 2 is 2.11 bits per heavy atom. The molecule has 5 heteroatoms. The molecule has 0 atom stereocenters. The number of amides is 1. The van der Waals surface area contributed by atoms with Crippen LogP contribution in [0.4, 0.5) is 4.79 Å². The number of ether oxygens (including phenoxy) is 1. The molecule has 4 rings (SSSR count). The number of rotatable bonds is 4. The first-order chi connectivity index (χ1) is 12.9. The van der Waals surface area contributed by atoms with Crippen LogP contribution in [0.3, 0.4) is 0 Å². The molecule has 0 N–H and O–H groups in total. The molecule has 1 fully saturated rings. The molecule has 0 radical (unpaired) electrons. The molecule has 0 saturated heterocycles. The van der Waals surface area contributed by atoms with E-state index in [1.165, 1.54) is 17.7 Å². The fourth-order valence-electron chi connectivity index (χ4n) is 3.81. The molecule has 2 aromatic rings. The van der Waals surface area contributed by atoms with Crippen LogP contribution in [-0.4, -0.2) is 24.1 Å². The molecular formula is C22H27NO3S. The van der Waals surface area contributed by atoms with E-state index < -0.39 is 0 Å². The van der Waals surface area contributed by atoms with Crippen LogP contribution in [0.15, 0.2) is 23.0 Å². The first-order valence-electron chi connectivity index (χ1n) is 9.91. The summed E-state index contributed by atoms with van der Waals surface area (Å²) in [6.07, 6.45) is 4.96. The maximum atomic E-state index is 12.9. The van der Waals surface area contributed by atoms with Gasteiger partial charge in [-0.25, -0.2) is 4.79 Å². The van der Waals surface area contributed by atoms with E-state index in [2.05, 4.69) is 13.8 Å². The molecule has 1 saturated carbocycles. The fraction of sp³-hybridized carbons (Fsp3) is 0.545. The first kappa shape index (κ1) is 18.5. The SMILES string of the molecule is CCN(CC1CC1)C(=O)Oc1ccc2c(=O)c3c(sc2c1)CC(C)(C)CC3. The van der Waals surface area contributed by atoms with Crippen molar-refractivity contribution >= 4 is 27.5 Å². The highest BCUT2D eigenvalue weighted by Gasteiger charge is 2.29. The Labute approximate surface area is 164 Å². The van der Waals surface area contributed by atoms with E-state index in [0.29, 0.717) is 18.2 Å². The van der Waals surface area contributed by atoms with E-state index in [1.807, 2.05) is 19.1 Å². The molecule has 2 aliphatic carbocycles. The largest absolute Gasteiger partial charge is 0.415 e. The highest BCUT2D eigenvalue weighted by Crippen LogP contribution is 2.38. The van der Waals surface area contributed by atoms with Crippen molar-refractivity contribution in [2.75, 3.05) is 13.1 Å². The molecule has 1 aromatic heterocycles. The van der Waals surface area contributed by atoms with Crippen LogP contribution < -0.4 is 10.2 Å². The van der Waals surface area contributed by atoms with Crippen molar-refractivity contribution in [3.8, 4) is 5.75 Å². The van der Waals surface area contributed by atoms with Gasteiger partial charge in [-0.1, -0.05) is 13.8 Å². The molecule has 1 aromatic carbocycles. The Bertz CT molecular complexity index is 942. The zero-order valence-electron chi connectivity index (χ0n) is 16.3. The third-order valence-electron chi connectivity index (χ3n) is 5.75. The normalized spacial score (nSPS) is 18.2. The molecule has 1 heterocycles. The van der Waals surface area contributed by atoms with Crippen molar-refractivity contribution in [1.29, 1.82) is 0 Å². The van der Waals surface area contributed by atoms with Gasteiger partial charge in [0.1, 0.15) is 5.75 Å².